The fourth-order valence-corrected chi connectivity index (χ4v) is 2.72. The lowest BCUT2D eigenvalue weighted by Crippen LogP contribution is -2.37. The number of ketones is 1. The summed E-state index contributed by atoms with van der Waals surface area (Å²) in [4.78, 5) is 31.9. The molecule has 0 aliphatic carbocycles. The van der Waals surface area contributed by atoms with E-state index in [4.69, 9.17) is 0 Å². The van der Waals surface area contributed by atoms with E-state index in [1.165, 1.54) is 4.90 Å². The highest BCUT2D eigenvalue weighted by molar-refractivity contribution is 5.96. The van der Waals surface area contributed by atoms with Gasteiger partial charge in [0.2, 0.25) is 11.9 Å². The van der Waals surface area contributed by atoms with Crippen LogP contribution in [0.15, 0.2) is 36.5 Å². The van der Waals surface area contributed by atoms with Crippen LogP contribution in [-0.2, 0) is 9.59 Å². The molecule has 2 heterocycles. The van der Waals surface area contributed by atoms with E-state index < -0.39 is 18.0 Å². The highest BCUT2D eigenvalue weighted by atomic mass is 19.4. The fourth-order valence-electron chi connectivity index (χ4n) is 2.72. The van der Waals surface area contributed by atoms with E-state index in [9.17, 15) is 22.8 Å². The van der Waals surface area contributed by atoms with Gasteiger partial charge in [0.25, 0.3) is 5.78 Å². The van der Waals surface area contributed by atoms with Crippen molar-refractivity contribution >= 4 is 28.7 Å². The first-order chi connectivity index (χ1) is 11.8. The lowest BCUT2D eigenvalue weighted by Gasteiger charge is -2.21. The zero-order valence-electron chi connectivity index (χ0n) is 13.0. The van der Waals surface area contributed by atoms with Gasteiger partial charge in [0, 0.05) is 18.8 Å². The quantitative estimate of drug-likeness (QED) is 0.829. The Hall–Kier alpha value is -2.84. The Morgan fingerprint density at radius 1 is 1.32 bits per heavy atom. The summed E-state index contributed by atoms with van der Waals surface area (Å²) < 4.78 is 36.8. The monoisotopic (exact) mass is 352 g/mol. The first kappa shape index (κ1) is 17.0. The molecule has 1 unspecified atom stereocenters. The van der Waals surface area contributed by atoms with Crippen LogP contribution < -0.4 is 5.32 Å². The normalized spacial score (nSPS) is 18.2. The maximum atomic E-state index is 12.4. The Balaban J connectivity index is 1.68. The summed E-state index contributed by atoms with van der Waals surface area (Å²) in [5.41, 5.74) is 1.45. The standard InChI is InChI=1S/C16H15F3N4O2/c17-16(18,19)13(24)7-9-23-8-3-6-12(23)14(25)22-15-20-10-4-1-2-5-11(10)21-15/h1-2,4-5,7,9,12H,3,6,8H2,(H2,20,21,22,25)/b9-7+. The molecule has 2 N–H and O–H groups in total. The molecular formula is C16H15F3N4O2. The number of imidazole rings is 1. The van der Waals surface area contributed by atoms with Gasteiger partial charge in [0.05, 0.1) is 11.0 Å². The molecule has 1 aliphatic rings. The summed E-state index contributed by atoms with van der Waals surface area (Å²) in [6, 6.07) is 6.59. The first-order valence-electron chi connectivity index (χ1n) is 7.65. The van der Waals surface area contributed by atoms with Crippen molar-refractivity contribution in [3.8, 4) is 0 Å². The number of hydrogen-bond donors (Lipinski definition) is 2. The van der Waals surface area contributed by atoms with Gasteiger partial charge in [0.1, 0.15) is 6.04 Å². The molecule has 1 saturated heterocycles. The molecule has 0 bridgehead atoms. The Bertz CT molecular complexity index is 795. The van der Waals surface area contributed by atoms with Crippen molar-refractivity contribution in [1.29, 1.82) is 0 Å². The predicted octanol–water partition coefficient (Wildman–Crippen LogP) is 2.61. The number of fused-ring (bicyclic) bond motifs is 1. The van der Waals surface area contributed by atoms with Crippen molar-refractivity contribution < 1.29 is 22.8 Å². The van der Waals surface area contributed by atoms with Crippen molar-refractivity contribution in [3.63, 3.8) is 0 Å². The minimum absolute atomic E-state index is 0.272. The third kappa shape index (κ3) is 3.81. The Labute approximate surface area is 140 Å². The number of halogens is 3. The summed E-state index contributed by atoms with van der Waals surface area (Å²) >= 11 is 0. The van der Waals surface area contributed by atoms with Crippen LogP contribution in [0.25, 0.3) is 11.0 Å². The van der Waals surface area contributed by atoms with Gasteiger partial charge in [-0.05, 0) is 25.0 Å². The third-order valence-corrected chi connectivity index (χ3v) is 3.92. The van der Waals surface area contributed by atoms with E-state index in [-0.39, 0.29) is 11.9 Å². The van der Waals surface area contributed by atoms with Crippen molar-refractivity contribution in [3.05, 3.63) is 36.5 Å². The SMILES string of the molecule is O=C(Nc1nc2ccccc2[nH]1)C1CCCN1/C=C/C(=O)C(F)(F)F. The zero-order chi connectivity index (χ0) is 18.0. The van der Waals surface area contributed by atoms with Crippen LogP contribution in [0.4, 0.5) is 19.1 Å². The van der Waals surface area contributed by atoms with Crippen LogP contribution in [0.5, 0.6) is 0 Å². The summed E-state index contributed by atoms with van der Waals surface area (Å²) in [6.07, 6.45) is -2.31. The molecule has 1 aromatic carbocycles. The van der Waals surface area contributed by atoms with Gasteiger partial charge in [-0.25, -0.2) is 4.98 Å². The molecule has 1 amide bonds. The fraction of sp³-hybridized carbons (Fsp3) is 0.312. The highest BCUT2D eigenvalue weighted by Gasteiger charge is 2.37. The number of nitrogens with one attached hydrogen (secondary N) is 2. The molecule has 9 heteroatoms. The number of aromatic amines is 1. The van der Waals surface area contributed by atoms with Gasteiger partial charge in [-0.1, -0.05) is 12.1 Å². The number of para-hydroxylation sites is 2. The zero-order valence-corrected chi connectivity index (χ0v) is 13.0. The number of benzene rings is 1. The number of carbonyl (C=O) groups excluding carboxylic acids is 2. The second kappa shape index (κ2) is 6.58. The lowest BCUT2D eigenvalue weighted by molar-refractivity contribution is -0.165. The van der Waals surface area contributed by atoms with Gasteiger partial charge >= 0.3 is 6.18 Å². The number of allylic oxidation sites excluding steroid dienone is 1. The molecule has 6 nitrogen and oxygen atoms in total. The average Bonchev–Trinajstić information content (AvgIpc) is 3.17. The number of amides is 1. The molecule has 1 atom stereocenters. The van der Waals surface area contributed by atoms with Crippen LogP contribution in [-0.4, -0.2) is 45.3 Å². The first-order valence-corrected chi connectivity index (χ1v) is 7.65. The Morgan fingerprint density at radius 2 is 2.08 bits per heavy atom. The average molecular weight is 352 g/mol. The number of anilines is 1. The molecule has 3 rings (SSSR count). The summed E-state index contributed by atoms with van der Waals surface area (Å²) in [5, 5.41) is 2.63. The van der Waals surface area contributed by atoms with Gasteiger partial charge in [0.15, 0.2) is 0 Å². The number of H-pyrrole nitrogens is 1. The minimum atomic E-state index is -4.91. The van der Waals surface area contributed by atoms with Crippen molar-refractivity contribution in [2.75, 3.05) is 11.9 Å². The molecule has 1 fully saturated rings. The predicted molar refractivity (Wildman–Crippen MR) is 84.7 cm³/mol. The van der Waals surface area contributed by atoms with E-state index >= 15 is 0 Å². The highest BCUT2D eigenvalue weighted by Crippen LogP contribution is 2.21. The van der Waals surface area contributed by atoms with E-state index in [1.54, 1.807) is 6.07 Å². The van der Waals surface area contributed by atoms with E-state index in [2.05, 4.69) is 15.3 Å². The minimum Gasteiger partial charge on any atom is -0.365 e. The largest absolute Gasteiger partial charge is 0.454 e. The number of rotatable bonds is 4. The van der Waals surface area contributed by atoms with Crippen molar-refractivity contribution in [2.45, 2.75) is 25.1 Å². The molecule has 2 aromatic rings. The van der Waals surface area contributed by atoms with Gasteiger partial charge in [-0.2, -0.15) is 13.2 Å². The molecule has 1 aromatic heterocycles. The summed E-state index contributed by atoms with van der Waals surface area (Å²) in [7, 11) is 0. The van der Waals surface area contributed by atoms with E-state index in [0.717, 1.165) is 11.7 Å². The third-order valence-electron chi connectivity index (χ3n) is 3.92. The van der Waals surface area contributed by atoms with Crippen LogP contribution in [0, 0.1) is 0 Å². The number of hydrogen-bond acceptors (Lipinski definition) is 4. The van der Waals surface area contributed by atoms with E-state index in [0.29, 0.717) is 31.0 Å². The molecule has 0 spiro atoms. The van der Waals surface area contributed by atoms with Crippen LogP contribution in [0.1, 0.15) is 12.8 Å². The molecule has 132 valence electrons. The van der Waals surface area contributed by atoms with Crippen LogP contribution in [0.2, 0.25) is 0 Å². The van der Waals surface area contributed by atoms with Crippen LogP contribution in [0.3, 0.4) is 0 Å². The molecule has 0 saturated carbocycles. The Morgan fingerprint density at radius 3 is 2.80 bits per heavy atom. The van der Waals surface area contributed by atoms with Crippen molar-refractivity contribution in [2.24, 2.45) is 0 Å². The van der Waals surface area contributed by atoms with Crippen molar-refractivity contribution in [1.82, 2.24) is 14.9 Å². The number of aromatic nitrogens is 2. The molecule has 25 heavy (non-hydrogen) atoms. The van der Waals surface area contributed by atoms with E-state index in [1.807, 2.05) is 18.2 Å². The van der Waals surface area contributed by atoms with Gasteiger partial charge in [-0.3, -0.25) is 14.9 Å². The molecule has 1 aliphatic heterocycles. The lowest BCUT2D eigenvalue weighted by atomic mass is 10.2. The number of alkyl halides is 3. The molecular weight excluding hydrogens is 337 g/mol. The smallest absolute Gasteiger partial charge is 0.365 e. The number of carbonyl (C=O) groups is 2. The number of likely N-dealkylation sites (tertiary alicyclic amines) is 1. The Kier molecular flexibility index (Phi) is 4.47. The number of nitrogens with zero attached hydrogens (tertiary/aromatic N) is 2. The van der Waals surface area contributed by atoms with Crippen LogP contribution >= 0.6 is 0 Å². The second-order valence-corrected chi connectivity index (χ2v) is 5.67. The maximum absolute atomic E-state index is 12.4. The summed E-state index contributed by atoms with van der Waals surface area (Å²) in [6.45, 7) is 0.403. The summed E-state index contributed by atoms with van der Waals surface area (Å²) in [5.74, 6) is -2.06. The maximum Gasteiger partial charge on any atom is 0.454 e. The topological polar surface area (TPSA) is 78.1 Å². The second-order valence-electron chi connectivity index (χ2n) is 5.67. The van der Waals surface area contributed by atoms with Gasteiger partial charge < -0.3 is 9.88 Å². The van der Waals surface area contributed by atoms with Gasteiger partial charge in [-0.15, -0.1) is 0 Å². The molecule has 0 radical (unpaired) electrons.